The number of anilines is 1. The summed E-state index contributed by atoms with van der Waals surface area (Å²) in [5.74, 6) is 0.761. The molecule has 1 unspecified atom stereocenters. The third kappa shape index (κ3) is 2.64. The van der Waals surface area contributed by atoms with Gasteiger partial charge in [0.15, 0.2) is 0 Å². The predicted octanol–water partition coefficient (Wildman–Crippen LogP) is 2.11. The maximum absolute atomic E-state index is 9.42. The zero-order valence-electron chi connectivity index (χ0n) is 8.66. The van der Waals surface area contributed by atoms with E-state index in [1.165, 1.54) is 0 Å². The van der Waals surface area contributed by atoms with Crippen LogP contribution in [0.4, 0.5) is 5.69 Å². The third-order valence-corrected chi connectivity index (χ3v) is 1.98. The Morgan fingerprint density at radius 3 is 2.79 bits per heavy atom. The van der Waals surface area contributed by atoms with Gasteiger partial charge in [-0.1, -0.05) is 6.92 Å². The van der Waals surface area contributed by atoms with Crippen LogP contribution >= 0.6 is 0 Å². The van der Waals surface area contributed by atoms with E-state index in [2.05, 4.69) is 0 Å². The minimum absolute atomic E-state index is 0.555. The van der Waals surface area contributed by atoms with Gasteiger partial charge in [-0.2, -0.15) is 0 Å². The molecule has 14 heavy (non-hydrogen) atoms. The Labute approximate surface area is 84.5 Å². The van der Waals surface area contributed by atoms with Crippen LogP contribution in [0.1, 0.15) is 31.9 Å². The molecule has 0 aromatic heterocycles. The van der Waals surface area contributed by atoms with E-state index >= 15 is 0 Å². The normalized spacial score (nSPS) is 12.5. The summed E-state index contributed by atoms with van der Waals surface area (Å²) in [4.78, 5) is 0. The molecule has 0 aliphatic carbocycles. The van der Waals surface area contributed by atoms with Gasteiger partial charge in [-0.3, -0.25) is 0 Å². The van der Waals surface area contributed by atoms with Crippen molar-refractivity contribution in [3.8, 4) is 5.75 Å². The molecule has 1 rings (SSSR count). The first-order chi connectivity index (χ1) is 6.65. The van der Waals surface area contributed by atoms with Crippen LogP contribution < -0.4 is 10.5 Å². The molecule has 0 amide bonds. The third-order valence-electron chi connectivity index (χ3n) is 1.98. The van der Waals surface area contributed by atoms with Crippen molar-refractivity contribution in [2.45, 2.75) is 26.4 Å². The maximum atomic E-state index is 9.42. The summed E-state index contributed by atoms with van der Waals surface area (Å²) in [5, 5.41) is 9.42. The summed E-state index contributed by atoms with van der Waals surface area (Å²) in [7, 11) is 0. The first-order valence-corrected chi connectivity index (χ1v) is 4.85. The van der Waals surface area contributed by atoms with E-state index in [9.17, 15) is 5.11 Å². The standard InChI is InChI=1S/C11H17NO2/c1-3-6-14-9-4-5-11(12)10(7-9)8(2)13/h4-5,7-8,13H,3,6,12H2,1-2H3. The number of rotatable bonds is 4. The van der Waals surface area contributed by atoms with Crippen LogP contribution in [-0.2, 0) is 0 Å². The lowest BCUT2D eigenvalue weighted by Gasteiger charge is -2.11. The fraction of sp³-hybridized carbons (Fsp3) is 0.455. The van der Waals surface area contributed by atoms with Crippen LogP contribution in [0.15, 0.2) is 18.2 Å². The Kier molecular flexibility index (Phi) is 3.77. The van der Waals surface area contributed by atoms with Gasteiger partial charge in [0.05, 0.1) is 12.7 Å². The molecule has 0 fully saturated rings. The highest BCUT2D eigenvalue weighted by Crippen LogP contribution is 2.25. The minimum atomic E-state index is -0.555. The van der Waals surface area contributed by atoms with Crippen LogP contribution in [0.25, 0.3) is 0 Å². The Bertz CT molecular complexity index is 297. The largest absolute Gasteiger partial charge is 0.494 e. The van der Waals surface area contributed by atoms with Crippen molar-refractivity contribution in [2.24, 2.45) is 0 Å². The number of nitrogens with two attached hydrogens (primary N) is 1. The molecule has 78 valence electrons. The van der Waals surface area contributed by atoms with E-state index in [0.717, 1.165) is 17.7 Å². The quantitative estimate of drug-likeness (QED) is 0.723. The summed E-state index contributed by atoms with van der Waals surface area (Å²) < 4.78 is 5.43. The van der Waals surface area contributed by atoms with Crippen molar-refractivity contribution in [2.75, 3.05) is 12.3 Å². The maximum Gasteiger partial charge on any atom is 0.119 e. The van der Waals surface area contributed by atoms with Crippen molar-refractivity contribution < 1.29 is 9.84 Å². The summed E-state index contributed by atoms with van der Waals surface area (Å²) in [6, 6.07) is 5.36. The second kappa shape index (κ2) is 4.86. The van der Waals surface area contributed by atoms with E-state index in [0.29, 0.717) is 12.3 Å². The monoisotopic (exact) mass is 195 g/mol. The lowest BCUT2D eigenvalue weighted by molar-refractivity contribution is 0.199. The minimum Gasteiger partial charge on any atom is -0.494 e. The number of aliphatic hydroxyl groups excluding tert-OH is 1. The van der Waals surface area contributed by atoms with Crippen molar-refractivity contribution in [3.05, 3.63) is 23.8 Å². The van der Waals surface area contributed by atoms with Crippen molar-refractivity contribution in [3.63, 3.8) is 0 Å². The van der Waals surface area contributed by atoms with Crippen LogP contribution in [0.2, 0.25) is 0 Å². The fourth-order valence-corrected chi connectivity index (χ4v) is 1.22. The van der Waals surface area contributed by atoms with Crippen molar-refractivity contribution in [1.82, 2.24) is 0 Å². The Morgan fingerprint density at radius 2 is 2.21 bits per heavy atom. The molecule has 1 aromatic carbocycles. The number of hydrogen-bond acceptors (Lipinski definition) is 3. The van der Waals surface area contributed by atoms with E-state index in [4.69, 9.17) is 10.5 Å². The fourth-order valence-electron chi connectivity index (χ4n) is 1.22. The van der Waals surface area contributed by atoms with E-state index < -0.39 is 6.10 Å². The molecule has 0 bridgehead atoms. The molecule has 3 heteroatoms. The van der Waals surface area contributed by atoms with Gasteiger partial charge in [0.2, 0.25) is 0 Å². The molecule has 0 radical (unpaired) electrons. The summed E-state index contributed by atoms with van der Waals surface area (Å²) in [6.45, 7) is 4.42. The van der Waals surface area contributed by atoms with Crippen molar-refractivity contribution >= 4 is 5.69 Å². The molecule has 0 saturated heterocycles. The topological polar surface area (TPSA) is 55.5 Å². The summed E-state index contributed by atoms with van der Waals surface area (Å²) >= 11 is 0. The first-order valence-electron chi connectivity index (χ1n) is 4.85. The lowest BCUT2D eigenvalue weighted by Crippen LogP contribution is -2.01. The molecule has 0 aliphatic heterocycles. The number of nitrogen functional groups attached to an aromatic ring is 1. The predicted molar refractivity (Wildman–Crippen MR) is 57.3 cm³/mol. The molecule has 0 saturated carbocycles. The first kappa shape index (κ1) is 10.9. The molecule has 3 nitrogen and oxygen atoms in total. The number of hydrogen-bond donors (Lipinski definition) is 2. The SMILES string of the molecule is CCCOc1ccc(N)c(C(C)O)c1. The number of ether oxygens (including phenoxy) is 1. The highest BCUT2D eigenvalue weighted by Gasteiger charge is 2.06. The average Bonchev–Trinajstić information content (AvgIpc) is 2.16. The van der Waals surface area contributed by atoms with Crippen LogP contribution in [0.5, 0.6) is 5.75 Å². The van der Waals surface area contributed by atoms with Gasteiger partial charge in [0, 0.05) is 11.3 Å². The summed E-state index contributed by atoms with van der Waals surface area (Å²) in [5.41, 5.74) is 7.03. The van der Waals surface area contributed by atoms with Gasteiger partial charge in [0.1, 0.15) is 5.75 Å². The van der Waals surface area contributed by atoms with Crippen LogP contribution in [0.3, 0.4) is 0 Å². The molecule has 1 atom stereocenters. The van der Waals surface area contributed by atoms with Crippen LogP contribution in [0, 0.1) is 0 Å². The average molecular weight is 195 g/mol. The smallest absolute Gasteiger partial charge is 0.119 e. The van der Waals surface area contributed by atoms with E-state index in [-0.39, 0.29) is 0 Å². The van der Waals surface area contributed by atoms with Gasteiger partial charge < -0.3 is 15.6 Å². The molecule has 0 heterocycles. The zero-order chi connectivity index (χ0) is 10.6. The molecule has 0 aliphatic rings. The lowest BCUT2D eigenvalue weighted by atomic mass is 10.1. The van der Waals surface area contributed by atoms with Gasteiger partial charge in [-0.25, -0.2) is 0 Å². The van der Waals surface area contributed by atoms with Gasteiger partial charge in [0.25, 0.3) is 0 Å². The molecule has 3 N–H and O–H groups in total. The molecular formula is C11H17NO2. The van der Waals surface area contributed by atoms with Crippen molar-refractivity contribution in [1.29, 1.82) is 0 Å². The Balaban J connectivity index is 2.83. The summed E-state index contributed by atoms with van der Waals surface area (Å²) in [6.07, 6.45) is 0.411. The van der Waals surface area contributed by atoms with Gasteiger partial charge in [-0.05, 0) is 31.5 Å². The zero-order valence-corrected chi connectivity index (χ0v) is 8.66. The number of aliphatic hydroxyl groups is 1. The van der Waals surface area contributed by atoms with E-state index in [1.54, 1.807) is 19.1 Å². The second-order valence-corrected chi connectivity index (χ2v) is 3.32. The molecule has 0 spiro atoms. The highest BCUT2D eigenvalue weighted by molar-refractivity contribution is 5.51. The van der Waals surface area contributed by atoms with Gasteiger partial charge in [-0.15, -0.1) is 0 Å². The molecule has 1 aromatic rings. The Hall–Kier alpha value is -1.22. The highest BCUT2D eigenvalue weighted by atomic mass is 16.5. The molecular weight excluding hydrogens is 178 g/mol. The number of benzene rings is 1. The second-order valence-electron chi connectivity index (χ2n) is 3.32. The van der Waals surface area contributed by atoms with Gasteiger partial charge >= 0.3 is 0 Å². The Morgan fingerprint density at radius 1 is 1.50 bits per heavy atom. The van der Waals surface area contributed by atoms with Crippen LogP contribution in [-0.4, -0.2) is 11.7 Å². The van der Waals surface area contributed by atoms with E-state index in [1.807, 2.05) is 13.0 Å².